The van der Waals surface area contributed by atoms with Crippen molar-refractivity contribution in [2.75, 3.05) is 26.2 Å². The lowest BCUT2D eigenvalue weighted by Crippen LogP contribution is -2.51. The Morgan fingerprint density at radius 1 is 1.25 bits per heavy atom. The van der Waals surface area contributed by atoms with E-state index in [9.17, 15) is 5.11 Å². The third kappa shape index (κ3) is 5.71. The zero-order valence-electron chi connectivity index (χ0n) is 14.1. The first-order chi connectivity index (χ1) is 9.55. The maximum absolute atomic E-state index is 9.75. The molecule has 0 radical (unpaired) electrons. The van der Waals surface area contributed by atoms with Gasteiger partial charge < -0.3 is 15.3 Å². The molecular formula is C17H36N2O. The van der Waals surface area contributed by atoms with Crippen molar-refractivity contribution in [1.29, 1.82) is 0 Å². The second kappa shape index (κ2) is 9.01. The van der Waals surface area contributed by atoms with Gasteiger partial charge in [-0.25, -0.2) is 0 Å². The average Bonchev–Trinajstić information content (AvgIpc) is 2.46. The molecule has 20 heavy (non-hydrogen) atoms. The number of rotatable bonds is 9. The molecule has 3 nitrogen and oxygen atoms in total. The predicted molar refractivity (Wildman–Crippen MR) is 87.1 cm³/mol. The number of hydrogen-bond acceptors (Lipinski definition) is 3. The van der Waals surface area contributed by atoms with Crippen LogP contribution in [0.1, 0.15) is 66.2 Å². The first kappa shape index (κ1) is 17.9. The van der Waals surface area contributed by atoms with Crippen LogP contribution in [0.15, 0.2) is 0 Å². The molecule has 0 amide bonds. The van der Waals surface area contributed by atoms with Crippen LogP contribution in [0.5, 0.6) is 0 Å². The Labute approximate surface area is 126 Å². The van der Waals surface area contributed by atoms with Crippen molar-refractivity contribution < 1.29 is 5.11 Å². The number of aliphatic hydroxyl groups excluding tert-OH is 1. The minimum atomic E-state index is -0.0735. The Hall–Kier alpha value is -0.120. The molecule has 1 fully saturated rings. The van der Waals surface area contributed by atoms with E-state index in [1.165, 1.54) is 45.3 Å². The lowest BCUT2D eigenvalue weighted by Gasteiger charge is -2.36. The number of hydrogen-bond donors (Lipinski definition) is 2. The van der Waals surface area contributed by atoms with Gasteiger partial charge in [0.15, 0.2) is 0 Å². The molecule has 0 aromatic carbocycles. The average molecular weight is 284 g/mol. The highest BCUT2D eigenvalue weighted by Crippen LogP contribution is 2.22. The van der Waals surface area contributed by atoms with E-state index in [0.29, 0.717) is 6.04 Å². The van der Waals surface area contributed by atoms with Crippen molar-refractivity contribution >= 4 is 0 Å². The number of nitrogens with one attached hydrogen (secondary N) is 1. The van der Waals surface area contributed by atoms with Crippen molar-refractivity contribution in [2.24, 2.45) is 5.92 Å². The van der Waals surface area contributed by atoms with Crippen LogP contribution in [0.2, 0.25) is 0 Å². The fraction of sp³-hybridized carbons (Fsp3) is 1.00. The second-order valence-corrected chi connectivity index (χ2v) is 6.89. The molecule has 0 aromatic rings. The smallest absolute Gasteiger partial charge is 0.0613 e. The van der Waals surface area contributed by atoms with Gasteiger partial charge in [0.25, 0.3) is 0 Å². The summed E-state index contributed by atoms with van der Waals surface area (Å²) in [5, 5.41) is 13.3. The lowest BCUT2D eigenvalue weighted by atomic mass is 9.89. The van der Waals surface area contributed by atoms with E-state index >= 15 is 0 Å². The van der Waals surface area contributed by atoms with Crippen molar-refractivity contribution in [1.82, 2.24) is 10.2 Å². The highest BCUT2D eigenvalue weighted by Gasteiger charge is 2.27. The number of likely N-dealkylation sites (tertiary alicyclic amines) is 1. The lowest BCUT2D eigenvalue weighted by molar-refractivity contribution is 0.123. The quantitative estimate of drug-likeness (QED) is 0.683. The fourth-order valence-electron chi connectivity index (χ4n) is 3.46. The van der Waals surface area contributed by atoms with Gasteiger partial charge in [0.2, 0.25) is 0 Å². The SMILES string of the molecule is CCC1CCN(CCCC(CC)(CO)NC(C)C)CC1. The van der Waals surface area contributed by atoms with E-state index in [1.807, 2.05) is 0 Å². The van der Waals surface area contributed by atoms with Crippen LogP contribution < -0.4 is 5.32 Å². The predicted octanol–water partition coefficient (Wildman–Crippen LogP) is 3.03. The molecular weight excluding hydrogens is 248 g/mol. The maximum atomic E-state index is 9.75. The summed E-state index contributed by atoms with van der Waals surface area (Å²) in [6.07, 6.45) is 7.35. The molecule has 0 spiro atoms. The molecule has 1 heterocycles. The van der Waals surface area contributed by atoms with Crippen LogP contribution in [0.3, 0.4) is 0 Å². The monoisotopic (exact) mass is 284 g/mol. The zero-order valence-corrected chi connectivity index (χ0v) is 14.1. The first-order valence-corrected chi connectivity index (χ1v) is 8.66. The molecule has 1 aliphatic heterocycles. The summed E-state index contributed by atoms with van der Waals surface area (Å²) >= 11 is 0. The summed E-state index contributed by atoms with van der Waals surface area (Å²) in [6.45, 7) is 12.8. The van der Waals surface area contributed by atoms with Crippen molar-refractivity contribution in [3.05, 3.63) is 0 Å². The van der Waals surface area contributed by atoms with Gasteiger partial charge in [0.05, 0.1) is 6.61 Å². The summed E-state index contributed by atoms with van der Waals surface area (Å²) in [5.41, 5.74) is -0.0735. The molecule has 1 saturated heterocycles. The van der Waals surface area contributed by atoms with Crippen molar-refractivity contribution in [3.8, 4) is 0 Å². The molecule has 1 rings (SSSR count). The van der Waals surface area contributed by atoms with E-state index in [-0.39, 0.29) is 12.1 Å². The van der Waals surface area contributed by atoms with E-state index in [2.05, 4.69) is 37.9 Å². The Bertz CT molecular complexity index is 243. The van der Waals surface area contributed by atoms with Gasteiger partial charge in [-0.1, -0.05) is 34.1 Å². The molecule has 2 N–H and O–H groups in total. The molecule has 3 heteroatoms. The Morgan fingerprint density at radius 2 is 1.90 bits per heavy atom. The summed E-state index contributed by atoms with van der Waals surface area (Å²) in [7, 11) is 0. The van der Waals surface area contributed by atoms with Gasteiger partial charge in [-0.05, 0) is 57.7 Å². The minimum Gasteiger partial charge on any atom is -0.394 e. The summed E-state index contributed by atoms with van der Waals surface area (Å²) in [4.78, 5) is 2.61. The van der Waals surface area contributed by atoms with E-state index in [1.54, 1.807) is 0 Å². The Kier molecular flexibility index (Phi) is 8.08. The van der Waals surface area contributed by atoms with Gasteiger partial charge >= 0.3 is 0 Å². The van der Waals surface area contributed by atoms with Gasteiger partial charge in [-0.2, -0.15) is 0 Å². The van der Waals surface area contributed by atoms with Gasteiger partial charge in [0.1, 0.15) is 0 Å². The number of aliphatic hydroxyl groups is 1. The summed E-state index contributed by atoms with van der Waals surface area (Å²) in [5.74, 6) is 0.959. The molecule has 1 aliphatic rings. The topological polar surface area (TPSA) is 35.5 Å². The normalized spacial score (nSPS) is 21.3. The minimum absolute atomic E-state index is 0.0735. The number of piperidine rings is 1. The van der Waals surface area contributed by atoms with E-state index in [4.69, 9.17) is 0 Å². The molecule has 0 aliphatic carbocycles. The second-order valence-electron chi connectivity index (χ2n) is 6.89. The third-order valence-electron chi connectivity index (χ3n) is 4.99. The summed E-state index contributed by atoms with van der Waals surface area (Å²) < 4.78 is 0. The van der Waals surface area contributed by atoms with Crippen LogP contribution in [-0.2, 0) is 0 Å². The highest BCUT2D eigenvalue weighted by molar-refractivity contribution is 4.88. The van der Waals surface area contributed by atoms with Crippen LogP contribution in [0, 0.1) is 5.92 Å². The van der Waals surface area contributed by atoms with E-state index in [0.717, 1.165) is 18.8 Å². The summed E-state index contributed by atoms with van der Waals surface area (Å²) in [6, 6.07) is 0.433. The molecule has 0 saturated carbocycles. The highest BCUT2D eigenvalue weighted by atomic mass is 16.3. The number of nitrogens with zero attached hydrogens (tertiary/aromatic N) is 1. The Morgan fingerprint density at radius 3 is 2.35 bits per heavy atom. The van der Waals surface area contributed by atoms with Crippen molar-refractivity contribution in [3.63, 3.8) is 0 Å². The molecule has 0 aromatic heterocycles. The van der Waals surface area contributed by atoms with Gasteiger partial charge in [-0.3, -0.25) is 0 Å². The van der Waals surface area contributed by atoms with Crippen LogP contribution in [-0.4, -0.2) is 47.8 Å². The standard InChI is InChI=1S/C17H36N2O/c1-5-16-8-12-19(13-9-16)11-7-10-17(6-2,14-20)18-15(3)4/h15-16,18,20H,5-14H2,1-4H3. The first-order valence-electron chi connectivity index (χ1n) is 8.66. The van der Waals surface area contributed by atoms with Crippen molar-refractivity contribution in [2.45, 2.75) is 77.8 Å². The van der Waals surface area contributed by atoms with Crippen LogP contribution in [0.4, 0.5) is 0 Å². The largest absolute Gasteiger partial charge is 0.394 e. The molecule has 0 bridgehead atoms. The van der Waals surface area contributed by atoms with E-state index < -0.39 is 0 Å². The molecule has 1 unspecified atom stereocenters. The van der Waals surface area contributed by atoms with Crippen LogP contribution in [0.25, 0.3) is 0 Å². The molecule has 120 valence electrons. The third-order valence-corrected chi connectivity index (χ3v) is 4.99. The fourth-order valence-corrected chi connectivity index (χ4v) is 3.46. The van der Waals surface area contributed by atoms with Gasteiger partial charge in [0, 0.05) is 11.6 Å². The van der Waals surface area contributed by atoms with Gasteiger partial charge in [-0.15, -0.1) is 0 Å². The Balaban J connectivity index is 2.30. The maximum Gasteiger partial charge on any atom is 0.0613 e. The van der Waals surface area contributed by atoms with Crippen LogP contribution >= 0.6 is 0 Å². The zero-order chi connectivity index (χ0) is 15.0. The molecule has 1 atom stereocenters.